The SMILES string of the molecule is O=C(OCc1cccnc1Cl)c1ccc(-c2ccc(F)cc2)o1. The van der Waals surface area contributed by atoms with Gasteiger partial charge in [0.15, 0.2) is 0 Å². The fourth-order valence-corrected chi connectivity index (χ4v) is 2.13. The van der Waals surface area contributed by atoms with E-state index >= 15 is 0 Å². The van der Waals surface area contributed by atoms with Crippen LogP contribution in [0, 0.1) is 5.82 Å². The fraction of sp³-hybridized carbons (Fsp3) is 0.0588. The minimum Gasteiger partial charge on any atom is -0.455 e. The first-order chi connectivity index (χ1) is 11.1. The molecule has 0 atom stereocenters. The van der Waals surface area contributed by atoms with Gasteiger partial charge in [0.2, 0.25) is 5.76 Å². The van der Waals surface area contributed by atoms with Crippen molar-refractivity contribution >= 4 is 17.6 Å². The van der Waals surface area contributed by atoms with E-state index < -0.39 is 5.97 Å². The molecule has 2 heterocycles. The Morgan fingerprint density at radius 3 is 2.70 bits per heavy atom. The van der Waals surface area contributed by atoms with E-state index in [9.17, 15) is 9.18 Å². The second-order valence-corrected chi connectivity index (χ2v) is 5.06. The summed E-state index contributed by atoms with van der Waals surface area (Å²) in [4.78, 5) is 15.9. The number of nitrogens with zero attached hydrogens (tertiary/aromatic N) is 1. The molecular formula is C17H11ClFNO3. The number of benzene rings is 1. The van der Waals surface area contributed by atoms with E-state index in [-0.39, 0.29) is 23.3 Å². The molecule has 0 amide bonds. The first-order valence-corrected chi connectivity index (χ1v) is 7.13. The smallest absolute Gasteiger partial charge is 0.374 e. The van der Waals surface area contributed by atoms with Crippen LogP contribution in [0.5, 0.6) is 0 Å². The van der Waals surface area contributed by atoms with E-state index in [1.54, 1.807) is 36.5 Å². The standard InChI is InChI=1S/C17H11ClFNO3/c18-16-12(2-1-9-20-16)10-22-17(21)15-8-7-14(23-15)11-3-5-13(19)6-4-11/h1-9H,10H2. The zero-order valence-corrected chi connectivity index (χ0v) is 12.6. The van der Waals surface area contributed by atoms with Gasteiger partial charge in [0.25, 0.3) is 0 Å². The number of halogens is 2. The molecule has 4 nitrogen and oxygen atoms in total. The average Bonchev–Trinajstić information content (AvgIpc) is 3.04. The molecule has 0 unspecified atom stereocenters. The first kappa shape index (κ1) is 15.2. The van der Waals surface area contributed by atoms with Crippen LogP contribution in [0.4, 0.5) is 4.39 Å². The lowest BCUT2D eigenvalue weighted by Crippen LogP contribution is -2.04. The maximum absolute atomic E-state index is 12.9. The van der Waals surface area contributed by atoms with E-state index in [0.717, 1.165) is 0 Å². The molecule has 0 aliphatic rings. The summed E-state index contributed by atoms with van der Waals surface area (Å²) in [5, 5.41) is 0.284. The topological polar surface area (TPSA) is 52.3 Å². The minimum absolute atomic E-state index is 0.00190. The van der Waals surface area contributed by atoms with Crippen LogP contribution in [-0.4, -0.2) is 11.0 Å². The molecular weight excluding hydrogens is 321 g/mol. The van der Waals surface area contributed by atoms with Crippen LogP contribution in [-0.2, 0) is 11.3 Å². The van der Waals surface area contributed by atoms with Gasteiger partial charge in [-0.2, -0.15) is 0 Å². The van der Waals surface area contributed by atoms with Crippen molar-refractivity contribution in [2.24, 2.45) is 0 Å². The Bertz CT molecular complexity index is 830. The van der Waals surface area contributed by atoms with Crippen LogP contribution in [0.2, 0.25) is 5.15 Å². The molecule has 1 aromatic carbocycles. The molecule has 6 heteroatoms. The van der Waals surface area contributed by atoms with Crippen LogP contribution in [0.3, 0.4) is 0 Å². The van der Waals surface area contributed by atoms with Crippen LogP contribution in [0.25, 0.3) is 11.3 Å². The van der Waals surface area contributed by atoms with Gasteiger partial charge in [-0.3, -0.25) is 0 Å². The van der Waals surface area contributed by atoms with Crippen LogP contribution < -0.4 is 0 Å². The predicted octanol–water partition coefficient (Wildman–Crippen LogP) is 4.49. The minimum atomic E-state index is -0.613. The van der Waals surface area contributed by atoms with Crippen LogP contribution in [0.1, 0.15) is 16.1 Å². The number of carbonyl (C=O) groups is 1. The summed E-state index contributed by atoms with van der Waals surface area (Å²) in [6.07, 6.45) is 1.55. The summed E-state index contributed by atoms with van der Waals surface area (Å²) < 4.78 is 23.5. The van der Waals surface area contributed by atoms with E-state index in [1.165, 1.54) is 18.2 Å². The van der Waals surface area contributed by atoms with Crippen molar-refractivity contribution in [3.05, 3.63) is 77.0 Å². The van der Waals surface area contributed by atoms with Crippen molar-refractivity contribution in [1.29, 1.82) is 0 Å². The van der Waals surface area contributed by atoms with E-state index in [0.29, 0.717) is 16.9 Å². The Morgan fingerprint density at radius 1 is 1.17 bits per heavy atom. The van der Waals surface area contributed by atoms with Gasteiger partial charge in [-0.1, -0.05) is 17.7 Å². The molecule has 116 valence electrons. The Morgan fingerprint density at radius 2 is 1.96 bits per heavy atom. The molecule has 0 saturated carbocycles. The molecule has 0 bridgehead atoms. The van der Waals surface area contributed by atoms with Crippen molar-refractivity contribution in [2.45, 2.75) is 6.61 Å². The maximum atomic E-state index is 12.9. The summed E-state index contributed by atoms with van der Waals surface area (Å²) in [6.45, 7) is -0.00190. The number of furan rings is 1. The van der Waals surface area contributed by atoms with Gasteiger partial charge >= 0.3 is 5.97 Å². The summed E-state index contributed by atoms with van der Waals surface area (Å²) in [5.74, 6) is -0.438. The highest BCUT2D eigenvalue weighted by atomic mass is 35.5. The molecule has 2 aromatic heterocycles. The lowest BCUT2D eigenvalue weighted by molar-refractivity contribution is 0.0437. The molecule has 0 fully saturated rings. The quantitative estimate of drug-likeness (QED) is 0.522. The summed E-state index contributed by atoms with van der Waals surface area (Å²) in [6, 6.07) is 12.3. The number of carbonyl (C=O) groups excluding carboxylic acids is 1. The van der Waals surface area contributed by atoms with Crippen molar-refractivity contribution in [3.8, 4) is 11.3 Å². The number of pyridine rings is 1. The molecule has 0 saturated heterocycles. The highest BCUT2D eigenvalue weighted by molar-refractivity contribution is 6.30. The second kappa shape index (κ2) is 6.62. The van der Waals surface area contributed by atoms with Gasteiger partial charge < -0.3 is 9.15 Å². The lowest BCUT2D eigenvalue weighted by Gasteiger charge is -2.04. The summed E-state index contributed by atoms with van der Waals surface area (Å²) in [7, 11) is 0. The molecule has 3 aromatic rings. The van der Waals surface area contributed by atoms with Gasteiger partial charge in [-0.25, -0.2) is 14.2 Å². The largest absolute Gasteiger partial charge is 0.455 e. The molecule has 23 heavy (non-hydrogen) atoms. The zero-order chi connectivity index (χ0) is 16.2. The zero-order valence-electron chi connectivity index (χ0n) is 11.8. The third-order valence-electron chi connectivity index (χ3n) is 3.13. The third kappa shape index (κ3) is 3.57. The third-order valence-corrected chi connectivity index (χ3v) is 3.47. The summed E-state index contributed by atoms with van der Waals surface area (Å²) >= 11 is 5.89. The molecule has 0 aliphatic carbocycles. The van der Waals surface area contributed by atoms with Gasteiger partial charge in [0.1, 0.15) is 23.3 Å². The predicted molar refractivity (Wildman–Crippen MR) is 82.5 cm³/mol. The Hall–Kier alpha value is -2.66. The lowest BCUT2D eigenvalue weighted by atomic mass is 10.2. The number of rotatable bonds is 4. The fourth-order valence-electron chi connectivity index (χ4n) is 1.96. The van der Waals surface area contributed by atoms with Crippen LogP contribution >= 0.6 is 11.6 Å². The Kier molecular flexibility index (Phi) is 4.39. The number of esters is 1. The average molecular weight is 332 g/mol. The van der Waals surface area contributed by atoms with Crippen molar-refractivity contribution in [1.82, 2.24) is 4.98 Å². The van der Waals surface area contributed by atoms with Gasteiger partial charge in [0.05, 0.1) is 0 Å². The number of aromatic nitrogens is 1. The number of hydrogen-bond donors (Lipinski definition) is 0. The Labute approximate surface area is 136 Å². The highest BCUT2D eigenvalue weighted by Gasteiger charge is 2.14. The van der Waals surface area contributed by atoms with Gasteiger partial charge in [-0.15, -0.1) is 0 Å². The number of hydrogen-bond acceptors (Lipinski definition) is 4. The van der Waals surface area contributed by atoms with E-state index in [1.807, 2.05) is 0 Å². The summed E-state index contributed by atoms with van der Waals surface area (Å²) in [5.41, 5.74) is 1.27. The van der Waals surface area contributed by atoms with E-state index in [2.05, 4.69) is 4.98 Å². The van der Waals surface area contributed by atoms with Gasteiger partial charge in [0, 0.05) is 17.3 Å². The van der Waals surface area contributed by atoms with Crippen molar-refractivity contribution in [2.75, 3.05) is 0 Å². The molecule has 3 rings (SSSR count). The van der Waals surface area contributed by atoms with E-state index in [4.69, 9.17) is 20.8 Å². The van der Waals surface area contributed by atoms with Crippen molar-refractivity contribution < 1.29 is 18.3 Å². The van der Waals surface area contributed by atoms with Crippen LogP contribution in [0.15, 0.2) is 59.1 Å². The molecule has 0 radical (unpaired) electrons. The van der Waals surface area contributed by atoms with Gasteiger partial charge in [-0.05, 0) is 42.5 Å². The highest BCUT2D eigenvalue weighted by Crippen LogP contribution is 2.23. The molecule has 0 spiro atoms. The number of ether oxygens (including phenoxy) is 1. The maximum Gasteiger partial charge on any atom is 0.374 e. The molecule has 0 N–H and O–H groups in total. The second-order valence-electron chi connectivity index (χ2n) is 4.70. The first-order valence-electron chi connectivity index (χ1n) is 6.76. The molecule has 0 aliphatic heterocycles. The Balaban J connectivity index is 1.69. The monoisotopic (exact) mass is 331 g/mol. The van der Waals surface area contributed by atoms with Crippen molar-refractivity contribution in [3.63, 3.8) is 0 Å². The normalized spacial score (nSPS) is 10.5.